The highest BCUT2D eigenvalue weighted by atomic mass is 32.1. The summed E-state index contributed by atoms with van der Waals surface area (Å²) in [5, 5.41) is 7.77. The highest BCUT2D eigenvalue weighted by Gasteiger charge is 2.61. The van der Waals surface area contributed by atoms with Crippen LogP contribution in [0.5, 0.6) is 0 Å². The van der Waals surface area contributed by atoms with Crippen LogP contribution in [0.1, 0.15) is 101 Å². The van der Waals surface area contributed by atoms with Crippen molar-refractivity contribution in [3.8, 4) is 22.5 Å². The van der Waals surface area contributed by atoms with Gasteiger partial charge in [-0.05, 0) is 99.6 Å². The highest BCUT2D eigenvalue weighted by Crippen LogP contribution is 2.48. The van der Waals surface area contributed by atoms with E-state index in [2.05, 4.69) is 25.5 Å². The van der Waals surface area contributed by atoms with Gasteiger partial charge in [0.2, 0.25) is 11.8 Å². The fourth-order valence-electron chi connectivity index (χ4n) is 12.8. The molecule has 3 aromatic heterocycles. The third kappa shape index (κ3) is 10.0. The van der Waals surface area contributed by atoms with Crippen LogP contribution in [-0.4, -0.2) is 153 Å². The van der Waals surface area contributed by atoms with Crippen molar-refractivity contribution in [2.75, 3.05) is 53.0 Å². The Bertz CT molecular complexity index is 2780. The van der Waals surface area contributed by atoms with Crippen molar-refractivity contribution in [1.29, 1.82) is 0 Å². The van der Waals surface area contributed by atoms with E-state index in [4.69, 9.17) is 14.5 Å². The van der Waals surface area contributed by atoms with Gasteiger partial charge in [0.25, 0.3) is 5.91 Å². The Hall–Kier alpha value is -4.95. The molecule has 19 heteroatoms. The number of thiazole rings is 1. The molecule has 7 aliphatic rings. The minimum atomic E-state index is -4.55. The number of hydrazine groups is 1. The van der Waals surface area contributed by atoms with Crippen molar-refractivity contribution in [2.24, 2.45) is 17.3 Å². The van der Waals surface area contributed by atoms with E-state index < -0.39 is 53.7 Å². The summed E-state index contributed by atoms with van der Waals surface area (Å²) >= 11 is 1.35. The lowest BCUT2D eigenvalue weighted by Gasteiger charge is -2.55. The lowest BCUT2D eigenvalue weighted by atomic mass is 9.84. The van der Waals surface area contributed by atoms with Crippen LogP contribution in [0.2, 0.25) is 0 Å². The zero-order valence-electron chi connectivity index (χ0n) is 42.5. The standard InChI is InChI=1S/C54H68F3N9O6S/c1-31(2)43-35(12-8-18-58-43)46-37-24-52(3,4)30-71-51(70)38-13-9-19-66(61-38)49(68)39(23-42-59-40(25-73-42)34-16-17-41(36(37)22-34)65(46)29-54(55,56)57)60-48(67)45(32-10-6-7-11-32)63-20-21-72-53(26-63)27-64(28-53)50(69)47-44(62(47)5)33-14-15-33/h8,12,16-18,22,25,31-33,38-39,44-45,47,61H,6-7,9-11,13-15,19-21,23-24,26-30H2,1-5H3,(H,60,67)/t38-,39-,44+,45-,47+,62?/m0/s1. The summed E-state index contributed by atoms with van der Waals surface area (Å²) in [6.45, 7) is 9.28. The van der Waals surface area contributed by atoms with Crippen molar-refractivity contribution >= 4 is 45.9 Å². The first kappa shape index (κ1) is 50.2. The predicted molar refractivity (Wildman–Crippen MR) is 269 cm³/mol. The molecule has 8 heterocycles. The van der Waals surface area contributed by atoms with E-state index in [-0.39, 0.29) is 49.1 Å². The number of pyridine rings is 1. The summed E-state index contributed by atoms with van der Waals surface area (Å²) in [5.74, 6) is -0.428. The maximum Gasteiger partial charge on any atom is 0.406 e. The molecule has 15 nitrogen and oxygen atoms in total. The molecule has 6 atom stereocenters. The average Bonchev–Trinajstić information content (AvgIpc) is 4.11. The molecule has 392 valence electrons. The lowest BCUT2D eigenvalue weighted by molar-refractivity contribution is -0.198. The first-order valence-corrected chi connectivity index (χ1v) is 27.3. The molecule has 2 N–H and O–H groups in total. The first-order chi connectivity index (χ1) is 34.9. The lowest BCUT2D eigenvalue weighted by Crippen LogP contribution is -2.73. The Labute approximate surface area is 428 Å². The molecule has 6 fully saturated rings. The van der Waals surface area contributed by atoms with Crippen LogP contribution in [0.15, 0.2) is 41.9 Å². The average molecular weight is 1030 g/mol. The first-order valence-electron chi connectivity index (χ1n) is 26.4. The summed E-state index contributed by atoms with van der Waals surface area (Å²) in [7, 11) is 2.04. The molecule has 6 bridgehead atoms. The molecule has 11 rings (SSSR count). The molecule has 5 aliphatic heterocycles. The molecule has 73 heavy (non-hydrogen) atoms. The second-order valence-corrected chi connectivity index (χ2v) is 24.1. The Morgan fingerprint density at radius 1 is 1.01 bits per heavy atom. The number of nitrogens with one attached hydrogen (secondary N) is 2. The van der Waals surface area contributed by atoms with Gasteiger partial charge in [-0.15, -0.1) is 11.3 Å². The second-order valence-electron chi connectivity index (χ2n) is 23.1. The van der Waals surface area contributed by atoms with E-state index >= 15 is 4.79 Å². The number of benzene rings is 1. The van der Waals surface area contributed by atoms with Crippen LogP contribution in [0.4, 0.5) is 13.2 Å². The molecule has 1 unspecified atom stereocenters. The van der Waals surface area contributed by atoms with Gasteiger partial charge in [-0.3, -0.25) is 39.0 Å². The minimum Gasteiger partial charge on any atom is -0.464 e. The molecule has 0 radical (unpaired) electrons. The number of carbonyl (C=O) groups is 4. The number of esters is 1. The third-order valence-corrected chi connectivity index (χ3v) is 17.4. The van der Waals surface area contributed by atoms with Gasteiger partial charge < -0.3 is 24.3 Å². The Morgan fingerprint density at radius 2 is 1.79 bits per heavy atom. The van der Waals surface area contributed by atoms with E-state index in [1.807, 2.05) is 57.2 Å². The van der Waals surface area contributed by atoms with E-state index in [0.29, 0.717) is 114 Å². The quantitative estimate of drug-likeness (QED) is 0.136. The van der Waals surface area contributed by atoms with Crippen molar-refractivity contribution in [1.82, 2.24) is 45.0 Å². The fourth-order valence-corrected chi connectivity index (χ4v) is 13.7. The number of amides is 3. The van der Waals surface area contributed by atoms with Crippen LogP contribution >= 0.6 is 11.3 Å². The van der Waals surface area contributed by atoms with Gasteiger partial charge in [-0.1, -0.05) is 46.6 Å². The topological polar surface area (TPSA) is 154 Å². The fraction of sp³-hybridized carbons (Fsp3) is 0.630. The van der Waals surface area contributed by atoms with E-state index in [0.717, 1.165) is 25.7 Å². The number of hydrogen-bond acceptors (Lipinski definition) is 12. The number of alkyl halides is 3. The van der Waals surface area contributed by atoms with Gasteiger partial charge in [-0.25, -0.2) is 10.4 Å². The number of nitrogens with zero attached hydrogens (tertiary/aromatic N) is 7. The van der Waals surface area contributed by atoms with Gasteiger partial charge >= 0.3 is 12.1 Å². The number of ether oxygens (including phenoxy) is 2. The van der Waals surface area contributed by atoms with Crippen LogP contribution in [0.25, 0.3) is 33.4 Å². The summed E-state index contributed by atoms with van der Waals surface area (Å²) in [6.07, 6.45) is 4.50. The minimum absolute atomic E-state index is 0.0420. The van der Waals surface area contributed by atoms with Gasteiger partial charge in [0.1, 0.15) is 30.3 Å². The van der Waals surface area contributed by atoms with E-state index in [1.54, 1.807) is 24.4 Å². The molecule has 1 aromatic carbocycles. The zero-order chi connectivity index (χ0) is 51.1. The van der Waals surface area contributed by atoms with Gasteiger partial charge in [-0.2, -0.15) is 13.2 Å². The SMILES string of the molecule is CC(C)c1ncccc1-c1c2c3cc(ccc3n1CC(F)(F)F)-c1csc(n1)C[C@H](NC(=O)[C@H](C1CCCC1)N1CCOC3(CN(C(=O)[C@H]4[C@@H](C5CC5)N4C)C3)C1)C(=O)N1CCC[C@H](N1)C(=O)OCC(C)(C)C2. The van der Waals surface area contributed by atoms with Crippen LogP contribution < -0.4 is 10.7 Å². The molecular weight excluding hydrogens is 960 g/mol. The van der Waals surface area contributed by atoms with E-state index in [1.165, 1.54) is 33.8 Å². The number of carbonyl (C=O) groups excluding carboxylic acids is 4. The van der Waals surface area contributed by atoms with Crippen molar-refractivity contribution in [2.45, 2.75) is 146 Å². The Balaban J connectivity index is 0.919. The number of aromatic nitrogens is 3. The highest BCUT2D eigenvalue weighted by molar-refractivity contribution is 7.10. The monoisotopic (exact) mass is 1030 g/mol. The smallest absolute Gasteiger partial charge is 0.406 e. The number of rotatable bonds is 9. The Kier molecular flexibility index (Phi) is 13.3. The number of likely N-dealkylation sites (N-methyl/N-ethyl adjacent to an activating group) is 1. The second kappa shape index (κ2) is 19.3. The van der Waals surface area contributed by atoms with Gasteiger partial charge in [0.05, 0.1) is 54.4 Å². The molecule has 3 amide bonds. The molecule has 2 aliphatic carbocycles. The molecular formula is C54H68F3N9O6S. The van der Waals surface area contributed by atoms with Gasteiger partial charge in [0, 0.05) is 71.1 Å². The molecule has 1 spiro atoms. The molecule has 4 aromatic rings. The molecule has 2 saturated carbocycles. The summed E-state index contributed by atoms with van der Waals surface area (Å²) in [5.41, 5.74) is 5.91. The summed E-state index contributed by atoms with van der Waals surface area (Å²) in [6, 6.07) is 6.83. The number of halogens is 3. The number of cyclic esters (lactones) is 1. The third-order valence-electron chi connectivity index (χ3n) is 16.5. The Morgan fingerprint density at radius 3 is 2.53 bits per heavy atom. The van der Waals surface area contributed by atoms with Crippen LogP contribution in [0, 0.1) is 17.3 Å². The number of hydrogen-bond donors (Lipinski definition) is 2. The maximum absolute atomic E-state index is 15.1. The number of fused-ring (bicyclic) bond motifs is 6. The summed E-state index contributed by atoms with van der Waals surface area (Å²) < 4.78 is 58.0. The van der Waals surface area contributed by atoms with Crippen LogP contribution in [0.3, 0.4) is 0 Å². The van der Waals surface area contributed by atoms with Crippen LogP contribution in [-0.2, 0) is 48.0 Å². The maximum atomic E-state index is 15.1. The van der Waals surface area contributed by atoms with Crippen molar-refractivity contribution < 1.29 is 41.8 Å². The predicted octanol–water partition coefficient (Wildman–Crippen LogP) is 6.73. The van der Waals surface area contributed by atoms with Gasteiger partial charge in [0.15, 0.2) is 0 Å². The molecule has 4 saturated heterocycles. The zero-order valence-corrected chi connectivity index (χ0v) is 43.3. The number of morpholine rings is 1. The van der Waals surface area contributed by atoms with E-state index in [9.17, 15) is 27.6 Å². The van der Waals surface area contributed by atoms with Crippen molar-refractivity contribution in [3.63, 3.8) is 0 Å². The summed E-state index contributed by atoms with van der Waals surface area (Å²) in [4.78, 5) is 73.7. The largest absolute Gasteiger partial charge is 0.464 e. The normalized spacial score (nSPS) is 27.2. The number of likely N-dealkylation sites (tertiary alicyclic amines) is 1. The van der Waals surface area contributed by atoms with Crippen molar-refractivity contribution in [3.05, 3.63) is 58.2 Å².